The molecule has 27 heteroatoms. The summed E-state index contributed by atoms with van der Waals surface area (Å²) in [6.07, 6.45) is -20.5. The number of Topliss-reactive ketones (excluding diaryl/α,β-unsaturated/α-hetero) is 1. The number of amides is 1. The van der Waals surface area contributed by atoms with Gasteiger partial charge in [0.25, 0.3) is 0 Å². The molecule has 4 aliphatic heterocycles. The Hall–Kier alpha value is -4.13. The minimum Gasteiger partial charge on any atom is -0.461 e. The Balaban J connectivity index is 1.69. The number of nitrogens with zero attached hydrogens (tertiary/aromatic N) is 2. The first-order valence-corrected chi connectivity index (χ1v) is 32.9. The molecule has 90 heavy (non-hydrogen) atoms. The lowest BCUT2D eigenvalue weighted by Gasteiger charge is -2.45. The SMILES string of the molecule is CO/N=C1\C[C@@H](C)O[C@@H](O[C@@H]2[C@@H](C)[C@H](O[C@H]3CC(C)N(C)C[C@H](C)O3)[C@@H](C)C(=O)O[C@H]([C@@H](C)CO[C@@H]3O[C@H](C)[C@@H](O)[C@@H](OC)[C@H]3OC)[C@H](C)[C@@H](OC(=O)CC(C)C)[C@@H](C)C(=O)[C@@](C)(OC(=O)NC(C)(C)CCS(=O)(=O)c3ccc(C(F)(F)F)cc3)C[C@@H]2C)[C@@H]1O. The van der Waals surface area contributed by atoms with Crippen molar-refractivity contribution in [2.24, 2.45) is 46.6 Å². The zero-order chi connectivity index (χ0) is 67.7. The Labute approximate surface area is 529 Å². The Kier molecular flexibility index (Phi) is 27.5. The van der Waals surface area contributed by atoms with Crippen LogP contribution in [0.15, 0.2) is 34.3 Å². The molecule has 0 spiro atoms. The number of oxime groups is 1. The van der Waals surface area contributed by atoms with Crippen LogP contribution in [-0.2, 0) is 87.3 Å². The topological polar surface area (TPSA) is 281 Å². The summed E-state index contributed by atoms with van der Waals surface area (Å²) >= 11 is 0. The predicted molar refractivity (Wildman–Crippen MR) is 322 cm³/mol. The lowest BCUT2D eigenvalue weighted by Crippen LogP contribution is -2.59. The van der Waals surface area contributed by atoms with Crippen molar-refractivity contribution in [1.29, 1.82) is 0 Å². The fourth-order valence-corrected chi connectivity index (χ4v) is 14.2. The molecular formula is C63H102F3N3O20S. The van der Waals surface area contributed by atoms with E-state index in [2.05, 4.69) is 15.4 Å². The van der Waals surface area contributed by atoms with E-state index < -0.39 is 178 Å². The van der Waals surface area contributed by atoms with Gasteiger partial charge in [-0.25, -0.2) is 13.2 Å². The number of aliphatic hydroxyl groups excluding tert-OH is 2. The third kappa shape index (κ3) is 20.0. The lowest BCUT2D eigenvalue weighted by molar-refractivity contribution is -0.305. The average Bonchev–Trinajstić information content (AvgIpc) is 0.853. The van der Waals surface area contributed by atoms with Crippen LogP contribution in [-0.4, -0.2) is 204 Å². The van der Waals surface area contributed by atoms with Crippen molar-refractivity contribution in [2.45, 2.75) is 250 Å². The van der Waals surface area contributed by atoms with E-state index in [9.17, 15) is 41.4 Å². The minimum absolute atomic E-state index is 0.0594. The Morgan fingerprint density at radius 3 is 2.06 bits per heavy atom. The lowest BCUT2D eigenvalue weighted by atomic mass is 9.74. The van der Waals surface area contributed by atoms with Gasteiger partial charge in [0.2, 0.25) is 0 Å². The van der Waals surface area contributed by atoms with Crippen molar-refractivity contribution in [1.82, 2.24) is 10.2 Å². The molecule has 0 saturated carbocycles. The molecule has 1 aromatic carbocycles. The van der Waals surface area contributed by atoms with Gasteiger partial charge in [-0.2, -0.15) is 13.2 Å². The molecule has 0 radical (unpaired) electrons. The van der Waals surface area contributed by atoms with Crippen molar-refractivity contribution < 1.29 is 108 Å². The van der Waals surface area contributed by atoms with E-state index in [1.807, 2.05) is 34.7 Å². The number of carbonyl (C=O) groups is 4. The third-order valence-electron chi connectivity index (χ3n) is 17.9. The number of methoxy groups -OCH3 is 2. The second-order valence-corrected chi connectivity index (χ2v) is 28.9. The van der Waals surface area contributed by atoms with Crippen LogP contribution < -0.4 is 5.32 Å². The molecule has 516 valence electrons. The summed E-state index contributed by atoms with van der Waals surface area (Å²) in [6, 6.07) is 3.01. The molecule has 5 rings (SSSR count). The fourth-order valence-electron chi connectivity index (χ4n) is 12.7. The van der Waals surface area contributed by atoms with E-state index in [1.165, 1.54) is 49.0 Å². The van der Waals surface area contributed by atoms with Crippen LogP contribution >= 0.6 is 0 Å². The fraction of sp³-hybridized carbons (Fsp3) is 0.825. The van der Waals surface area contributed by atoms with Crippen molar-refractivity contribution in [3.8, 4) is 0 Å². The molecule has 0 aliphatic carbocycles. The number of esters is 2. The Morgan fingerprint density at radius 1 is 0.833 bits per heavy atom. The highest BCUT2D eigenvalue weighted by Gasteiger charge is 2.53. The first kappa shape index (κ1) is 76.6. The molecule has 1 unspecified atom stereocenters. The van der Waals surface area contributed by atoms with Crippen molar-refractivity contribution >= 4 is 39.4 Å². The van der Waals surface area contributed by atoms with Crippen LogP contribution in [0.4, 0.5) is 18.0 Å². The highest BCUT2D eigenvalue weighted by atomic mass is 32.2. The van der Waals surface area contributed by atoms with Gasteiger partial charge in [-0.15, -0.1) is 0 Å². The quantitative estimate of drug-likeness (QED) is 0.0641. The Bertz CT molecular complexity index is 2650. The summed E-state index contributed by atoms with van der Waals surface area (Å²) in [6.45, 7) is 25.8. The Morgan fingerprint density at radius 2 is 1.47 bits per heavy atom. The smallest absolute Gasteiger partial charge is 0.416 e. The first-order valence-electron chi connectivity index (χ1n) is 31.2. The molecule has 4 heterocycles. The van der Waals surface area contributed by atoms with Crippen LogP contribution in [0.25, 0.3) is 0 Å². The summed E-state index contributed by atoms with van der Waals surface area (Å²) in [5.41, 5.74) is -4.42. The van der Waals surface area contributed by atoms with Crippen molar-refractivity contribution in [3.05, 3.63) is 29.8 Å². The second-order valence-electron chi connectivity index (χ2n) is 26.8. The van der Waals surface area contributed by atoms with Gasteiger partial charge in [0.05, 0.1) is 70.9 Å². The number of alkyl halides is 3. The number of carbonyl (C=O) groups excluding carboxylic acids is 4. The van der Waals surface area contributed by atoms with Gasteiger partial charge in [0.15, 0.2) is 40.1 Å². The first-order chi connectivity index (χ1) is 41.8. The maximum Gasteiger partial charge on any atom is 0.416 e. The number of rotatable bonds is 20. The van der Waals surface area contributed by atoms with Gasteiger partial charge in [-0.3, -0.25) is 14.4 Å². The number of sulfone groups is 1. The van der Waals surface area contributed by atoms with E-state index in [0.29, 0.717) is 25.1 Å². The summed E-state index contributed by atoms with van der Waals surface area (Å²) in [5, 5.41) is 29.6. The molecule has 0 aromatic heterocycles. The zero-order valence-corrected chi connectivity index (χ0v) is 56.7. The van der Waals surface area contributed by atoms with Crippen LogP contribution in [0.3, 0.4) is 0 Å². The predicted octanol–water partition coefficient (Wildman–Crippen LogP) is 7.67. The van der Waals surface area contributed by atoms with Gasteiger partial charge in [-0.05, 0) is 111 Å². The zero-order valence-electron chi connectivity index (χ0n) is 55.8. The molecule has 1 amide bonds. The van der Waals surface area contributed by atoms with Crippen LogP contribution in [0, 0.1) is 41.4 Å². The number of nitrogens with one attached hydrogen (secondary N) is 1. The number of cyclic esters (lactones) is 1. The van der Waals surface area contributed by atoms with Gasteiger partial charge in [0.1, 0.15) is 43.7 Å². The monoisotopic (exact) mass is 1310 g/mol. The highest BCUT2D eigenvalue weighted by molar-refractivity contribution is 7.91. The summed E-state index contributed by atoms with van der Waals surface area (Å²) in [7, 11) is 1.92. The molecule has 4 aliphatic rings. The van der Waals surface area contributed by atoms with Crippen molar-refractivity contribution in [2.75, 3.05) is 47.3 Å². The largest absolute Gasteiger partial charge is 0.461 e. The number of hydrogen-bond donors (Lipinski definition) is 3. The van der Waals surface area contributed by atoms with E-state index >= 15 is 9.59 Å². The van der Waals surface area contributed by atoms with E-state index in [-0.39, 0.29) is 61.0 Å². The highest BCUT2D eigenvalue weighted by Crippen LogP contribution is 2.41. The summed E-state index contributed by atoms with van der Waals surface area (Å²) in [4.78, 5) is 67.3. The van der Waals surface area contributed by atoms with E-state index in [4.69, 9.17) is 56.9 Å². The molecule has 3 N–H and O–H groups in total. The van der Waals surface area contributed by atoms with Crippen LogP contribution in [0.2, 0.25) is 0 Å². The molecular weight excluding hydrogens is 1210 g/mol. The molecule has 1 aromatic rings. The number of alkyl carbamates (subject to hydrolysis) is 1. The number of halogens is 3. The third-order valence-corrected chi connectivity index (χ3v) is 19.6. The van der Waals surface area contributed by atoms with E-state index in [1.54, 1.807) is 48.5 Å². The normalized spacial score (nSPS) is 36.7. The number of hydrogen-bond acceptors (Lipinski definition) is 22. The van der Waals surface area contributed by atoms with Gasteiger partial charge in [-0.1, -0.05) is 53.6 Å². The number of ketones is 1. The van der Waals surface area contributed by atoms with Crippen LogP contribution in [0.1, 0.15) is 142 Å². The number of likely N-dealkylation sites (N-methyl/N-ethyl adjacent to an activating group) is 1. The van der Waals surface area contributed by atoms with E-state index in [0.717, 1.165) is 12.1 Å². The number of ether oxygens (including phenoxy) is 11. The minimum atomic E-state index is -4.70. The van der Waals surface area contributed by atoms with Crippen molar-refractivity contribution in [3.63, 3.8) is 0 Å². The number of aliphatic hydroxyl groups is 2. The standard InChI is InChI=1S/C63H102F3N3O20S/c1-32(2)26-46(70)85-52-39(9)51(34(4)31-81-59-55(79-18)54(78-17)48(71)42(12)84-59)87-57(74)41(11)53(86-47-27-35(5)69(16)30-37(7)82-47)38(8)50(88-58-49(72)45(68-80-19)28-36(6)83-58)33(3)29-62(15,56(73)40(52)10)89-60(75)67-61(13,14)24-25-90(76,77)44-22-20-43(21-23-44)63(64,65)66/h20-23,32-42,47-55,58-59,71-72H,24-31H2,1-19H3,(H,67,75)/b68-45+/t33-,34-,35?,36+,37-,38+,39-,40+,41+,42+,47-,48+,49+,50-,51+,52+,53-,54+,55+,58-,59+,62-/m0/s1. The van der Waals surface area contributed by atoms with Gasteiger partial charge >= 0.3 is 24.2 Å². The van der Waals surface area contributed by atoms with Crippen LogP contribution in [0.5, 0.6) is 0 Å². The molecule has 0 bridgehead atoms. The summed E-state index contributed by atoms with van der Waals surface area (Å²) < 4.78 is 138. The second kappa shape index (κ2) is 32.3. The molecule has 23 nitrogen and oxygen atoms in total. The average molecular weight is 1310 g/mol. The number of benzene rings is 1. The van der Waals surface area contributed by atoms with Gasteiger partial charge < -0.3 is 77.4 Å². The summed E-state index contributed by atoms with van der Waals surface area (Å²) in [5.74, 6) is -9.21. The van der Waals surface area contributed by atoms with Gasteiger partial charge in [0, 0.05) is 69.4 Å². The molecule has 22 atom stereocenters. The maximum atomic E-state index is 16.1. The molecule has 4 fully saturated rings. The maximum absolute atomic E-state index is 16.1. The molecule has 4 saturated heterocycles.